The fourth-order valence-electron chi connectivity index (χ4n) is 4.42. The average molecular weight is 502 g/mol. The molecule has 0 spiro atoms. The van der Waals surface area contributed by atoms with Crippen LogP contribution in [0.15, 0.2) is 24.5 Å². The molecule has 1 amide bonds. The predicted molar refractivity (Wildman–Crippen MR) is 133 cm³/mol. The maximum Gasteiger partial charge on any atom is 0.259 e. The second-order valence-corrected chi connectivity index (χ2v) is 10.6. The van der Waals surface area contributed by atoms with Crippen LogP contribution in [0, 0.1) is 12.8 Å². The van der Waals surface area contributed by atoms with Crippen LogP contribution < -0.4 is 10.1 Å². The van der Waals surface area contributed by atoms with Crippen molar-refractivity contribution in [3.05, 3.63) is 45.9 Å². The van der Waals surface area contributed by atoms with Crippen LogP contribution in [-0.4, -0.2) is 43.9 Å². The van der Waals surface area contributed by atoms with E-state index in [1.807, 2.05) is 26.8 Å². The molecule has 1 aliphatic carbocycles. The number of aromatic nitrogens is 4. The topological polar surface area (TPSA) is 110 Å². The van der Waals surface area contributed by atoms with E-state index >= 15 is 0 Å². The van der Waals surface area contributed by atoms with Crippen LogP contribution in [0.5, 0.6) is 5.75 Å². The first-order valence-electron chi connectivity index (χ1n) is 11.2. The quantitative estimate of drug-likeness (QED) is 0.443. The Kier molecular flexibility index (Phi) is 7.16. The lowest BCUT2D eigenvalue weighted by molar-refractivity contribution is -0.00159. The van der Waals surface area contributed by atoms with E-state index in [-0.39, 0.29) is 5.91 Å². The molecule has 1 saturated carbocycles. The smallest absolute Gasteiger partial charge is 0.259 e. The van der Waals surface area contributed by atoms with Crippen molar-refractivity contribution in [2.24, 2.45) is 5.92 Å². The molecule has 0 saturated heterocycles. The van der Waals surface area contributed by atoms with Gasteiger partial charge in [-0.25, -0.2) is 4.98 Å². The molecule has 0 bridgehead atoms. The second kappa shape index (κ2) is 9.93. The van der Waals surface area contributed by atoms with Crippen molar-refractivity contribution in [1.82, 2.24) is 20.2 Å². The Morgan fingerprint density at radius 3 is 2.56 bits per heavy atom. The molecule has 3 aromatic heterocycles. The highest BCUT2D eigenvalue weighted by Crippen LogP contribution is 2.41. The van der Waals surface area contributed by atoms with Crippen LogP contribution in [0.1, 0.15) is 66.5 Å². The van der Waals surface area contributed by atoms with Crippen molar-refractivity contribution < 1.29 is 14.6 Å². The molecule has 34 heavy (non-hydrogen) atoms. The SMILES string of the molecule is COc1cnc(Cl)cc1-c1cc(C)ncc1C(=O)Nc1nnc([C@H]2CC[C@@H](C(C)(C)O)CC2)s1. The number of aryl methyl sites for hydroxylation is 1. The summed E-state index contributed by atoms with van der Waals surface area (Å²) >= 11 is 7.52. The zero-order valence-electron chi connectivity index (χ0n) is 19.6. The van der Waals surface area contributed by atoms with E-state index in [9.17, 15) is 9.90 Å². The van der Waals surface area contributed by atoms with Gasteiger partial charge in [0.1, 0.15) is 15.9 Å². The van der Waals surface area contributed by atoms with Crippen molar-refractivity contribution >= 4 is 34.0 Å². The molecule has 4 rings (SSSR count). The fraction of sp³-hybridized carbons (Fsp3) is 0.458. The summed E-state index contributed by atoms with van der Waals surface area (Å²) in [5, 5.41) is 23.3. The van der Waals surface area contributed by atoms with Gasteiger partial charge in [0.15, 0.2) is 0 Å². The molecule has 10 heteroatoms. The lowest BCUT2D eigenvalue weighted by atomic mass is 9.75. The molecule has 2 N–H and O–H groups in total. The van der Waals surface area contributed by atoms with Gasteiger partial charge in [-0.15, -0.1) is 10.2 Å². The molecule has 180 valence electrons. The number of ether oxygens (including phenoxy) is 1. The number of rotatable bonds is 6. The van der Waals surface area contributed by atoms with Gasteiger partial charge in [0.05, 0.1) is 24.5 Å². The molecule has 0 aromatic carbocycles. The number of hydrogen-bond donors (Lipinski definition) is 2. The molecule has 0 atom stereocenters. The fourth-order valence-corrected chi connectivity index (χ4v) is 5.48. The lowest BCUT2D eigenvalue weighted by Crippen LogP contribution is -2.33. The summed E-state index contributed by atoms with van der Waals surface area (Å²) in [7, 11) is 1.54. The largest absolute Gasteiger partial charge is 0.494 e. The van der Waals surface area contributed by atoms with Crippen LogP contribution in [-0.2, 0) is 0 Å². The van der Waals surface area contributed by atoms with E-state index in [4.69, 9.17) is 16.3 Å². The van der Waals surface area contributed by atoms with Gasteiger partial charge < -0.3 is 9.84 Å². The van der Waals surface area contributed by atoms with Gasteiger partial charge in [-0.3, -0.25) is 15.1 Å². The Balaban J connectivity index is 1.53. The molecule has 0 unspecified atom stereocenters. The first-order valence-corrected chi connectivity index (χ1v) is 12.4. The zero-order chi connectivity index (χ0) is 24.5. The van der Waals surface area contributed by atoms with Crippen molar-refractivity contribution in [3.8, 4) is 16.9 Å². The molecule has 0 radical (unpaired) electrons. The van der Waals surface area contributed by atoms with Crippen molar-refractivity contribution in [1.29, 1.82) is 0 Å². The van der Waals surface area contributed by atoms with E-state index in [1.54, 1.807) is 13.2 Å². The molecule has 3 aromatic rings. The van der Waals surface area contributed by atoms with Crippen molar-refractivity contribution in [3.63, 3.8) is 0 Å². The molecule has 1 fully saturated rings. The third-order valence-electron chi connectivity index (χ3n) is 6.37. The van der Waals surface area contributed by atoms with E-state index in [0.29, 0.717) is 44.6 Å². The Bertz CT molecular complexity index is 1190. The molecule has 3 heterocycles. The highest BCUT2D eigenvalue weighted by Gasteiger charge is 2.33. The Morgan fingerprint density at radius 2 is 1.88 bits per heavy atom. The van der Waals surface area contributed by atoms with Gasteiger partial charge in [0, 0.05) is 28.9 Å². The van der Waals surface area contributed by atoms with Gasteiger partial charge in [-0.1, -0.05) is 22.9 Å². The zero-order valence-corrected chi connectivity index (χ0v) is 21.2. The summed E-state index contributed by atoms with van der Waals surface area (Å²) < 4.78 is 5.44. The van der Waals surface area contributed by atoms with Crippen molar-refractivity contribution in [2.45, 2.75) is 58.0 Å². The Labute approximate surface area is 207 Å². The first-order chi connectivity index (χ1) is 16.2. The number of anilines is 1. The maximum atomic E-state index is 13.2. The molecule has 8 nitrogen and oxygen atoms in total. The summed E-state index contributed by atoms with van der Waals surface area (Å²) in [6.45, 7) is 5.60. The Hall–Kier alpha value is -2.62. The van der Waals surface area contributed by atoms with Gasteiger partial charge in [-0.05, 0) is 64.5 Å². The molecule has 0 aliphatic heterocycles. The van der Waals surface area contributed by atoms with Gasteiger partial charge in [0.2, 0.25) is 5.13 Å². The minimum atomic E-state index is -0.660. The van der Waals surface area contributed by atoms with E-state index in [2.05, 4.69) is 25.5 Å². The average Bonchev–Trinajstić information content (AvgIpc) is 3.27. The number of carbonyl (C=O) groups excluding carboxylic acids is 1. The third kappa shape index (κ3) is 5.37. The van der Waals surface area contributed by atoms with E-state index < -0.39 is 5.60 Å². The highest BCUT2D eigenvalue weighted by atomic mass is 35.5. The van der Waals surface area contributed by atoms with Gasteiger partial charge in [-0.2, -0.15) is 0 Å². The second-order valence-electron chi connectivity index (χ2n) is 9.18. The van der Waals surface area contributed by atoms with Gasteiger partial charge >= 0.3 is 0 Å². The number of aliphatic hydroxyl groups is 1. The van der Waals surface area contributed by atoms with Crippen molar-refractivity contribution in [2.75, 3.05) is 12.4 Å². The van der Waals surface area contributed by atoms with E-state index in [1.165, 1.54) is 23.7 Å². The number of methoxy groups -OCH3 is 1. The molecular formula is C24H28ClN5O3S. The standard InChI is InChI=1S/C24H28ClN5O3S/c1-13-9-16(17-10-20(25)27-12-19(17)33-4)18(11-26-13)21(31)28-23-30-29-22(34-23)14-5-7-15(8-6-14)24(2,3)32/h9-12,14-15,32H,5-8H2,1-4H3,(H,28,30,31)/t14-,15+. The van der Waals surface area contributed by atoms with Crippen LogP contribution in [0.25, 0.3) is 11.1 Å². The number of hydrogen-bond acceptors (Lipinski definition) is 8. The summed E-state index contributed by atoms with van der Waals surface area (Å²) in [6.07, 6.45) is 6.86. The summed E-state index contributed by atoms with van der Waals surface area (Å²) in [5.74, 6) is 0.749. The monoisotopic (exact) mass is 501 g/mol. The third-order valence-corrected chi connectivity index (χ3v) is 7.57. The minimum absolute atomic E-state index is 0.293. The minimum Gasteiger partial charge on any atom is -0.494 e. The number of nitrogens with one attached hydrogen (secondary N) is 1. The van der Waals surface area contributed by atoms with Crippen LogP contribution >= 0.6 is 22.9 Å². The lowest BCUT2D eigenvalue weighted by Gasteiger charge is -2.35. The summed E-state index contributed by atoms with van der Waals surface area (Å²) in [4.78, 5) is 21.6. The Morgan fingerprint density at radius 1 is 1.15 bits per heavy atom. The first kappa shape index (κ1) is 24.5. The summed E-state index contributed by atoms with van der Waals surface area (Å²) in [6, 6.07) is 3.48. The van der Waals surface area contributed by atoms with Crippen LogP contribution in [0.2, 0.25) is 5.15 Å². The molecular weight excluding hydrogens is 474 g/mol. The predicted octanol–water partition coefficient (Wildman–Crippen LogP) is 5.26. The van der Waals surface area contributed by atoms with Crippen LogP contribution in [0.4, 0.5) is 5.13 Å². The summed E-state index contributed by atoms with van der Waals surface area (Å²) in [5.41, 5.74) is 1.75. The number of carbonyl (C=O) groups is 1. The molecule has 1 aliphatic rings. The number of pyridine rings is 2. The normalized spacial score (nSPS) is 18.5. The number of amides is 1. The highest BCUT2D eigenvalue weighted by molar-refractivity contribution is 7.15. The van der Waals surface area contributed by atoms with Crippen LogP contribution in [0.3, 0.4) is 0 Å². The van der Waals surface area contributed by atoms with Gasteiger partial charge in [0.25, 0.3) is 5.91 Å². The number of nitrogens with zero attached hydrogens (tertiary/aromatic N) is 4. The van der Waals surface area contributed by atoms with E-state index in [0.717, 1.165) is 36.4 Å². The number of halogens is 1. The maximum absolute atomic E-state index is 13.2.